The van der Waals surface area contributed by atoms with Gasteiger partial charge in [0.15, 0.2) is 0 Å². The Kier molecular flexibility index (Phi) is 1.85. The van der Waals surface area contributed by atoms with Gasteiger partial charge in [-0.25, -0.2) is 0 Å². The molecule has 0 aromatic rings. The van der Waals surface area contributed by atoms with Crippen LogP contribution in [0, 0.1) is 23.7 Å². The number of carbonyl (C=O) groups is 2. The van der Waals surface area contributed by atoms with Crippen LogP contribution in [-0.2, 0) is 9.59 Å². The topological polar surface area (TPSA) is 94.8 Å². The predicted molar refractivity (Wildman–Crippen MR) is 44.4 cm³/mol. The zero-order valence-electron chi connectivity index (χ0n) is 7.20. The third-order valence-electron chi connectivity index (χ3n) is 3.13. The van der Waals surface area contributed by atoms with Gasteiger partial charge in [-0.05, 0) is 0 Å². The van der Waals surface area contributed by atoms with Gasteiger partial charge in [0.2, 0.25) is 0 Å². The molecule has 14 heavy (non-hydrogen) atoms. The molecule has 0 heterocycles. The number of rotatable bonds is 2. The van der Waals surface area contributed by atoms with Crippen LogP contribution in [0.2, 0.25) is 0 Å². The maximum atomic E-state index is 10.8. The summed E-state index contributed by atoms with van der Waals surface area (Å²) in [6, 6.07) is 0. The van der Waals surface area contributed by atoms with E-state index in [2.05, 4.69) is 0 Å². The molecule has 0 spiro atoms. The summed E-state index contributed by atoms with van der Waals surface area (Å²) < 4.78 is 0. The standard InChI is InChI=1S/C9H10O5/c10-7-3-1-2-4(7)6(9(13)14)5(3)8(11)12/h1-7,10H,(H,11,12)(H,13,14)/t3-,4+,5+,6-,7?. The minimum absolute atomic E-state index is 0.543. The Morgan fingerprint density at radius 2 is 1.29 bits per heavy atom. The van der Waals surface area contributed by atoms with Crippen LogP contribution in [0.25, 0.3) is 0 Å². The molecule has 1 unspecified atom stereocenters. The van der Waals surface area contributed by atoms with E-state index in [0.29, 0.717) is 0 Å². The summed E-state index contributed by atoms with van der Waals surface area (Å²) in [7, 11) is 0. The molecule has 0 saturated heterocycles. The third-order valence-corrected chi connectivity index (χ3v) is 3.13. The molecule has 5 nitrogen and oxygen atoms in total. The van der Waals surface area contributed by atoms with Crippen molar-refractivity contribution >= 4 is 11.9 Å². The average Bonchev–Trinajstić information content (AvgIpc) is 2.58. The summed E-state index contributed by atoms with van der Waals surface area (Å²) in [4.78, 5) is 21.7. The number of fused-ring (bicyclic) bond motifs is 2. The monoisotopic (exact) mass is 198 g/mol. The highest BCUT2D eigenvalue weighted by molar-refractivity contribution is 5.82. The van der Waals surface area contributed by atoms with Gasteiger partial charge >= 0.3 is 11.9 Å². The first-order valence-corrected chi connectivity index (χ1v) is 4.36. The molecule has 5 heteroatoms. The zero-order valence-corrected chi connectivity index (χ0v) is 7.20. The second kappa shape index (κ2) is 2.81. The van der Waals surface area contributed by atoms with Gasteiger partial charge in [-0.2, -0.15) is 0 Å². The summed E-state index contributed by atoms with van der Waals surface area (Å²) in [5, 5.41) is 27.3. The molecule has 0 aromatic carbocycles. The van der Waals surface area contributed by atoms with Crippen LogP contribution in [0.15, 0.2) is 12.2 Å². The number of aliphatic hydroxyl groups excluding tert-OH is 1. The van der Waals surface area contributed by atoms with Crippen molar-refractivity contribution in [2.45, 2.75) is 6.10 Å². The number of carboxylic acids is 2. The summed E-state index contributed by atoms with van der Waals surface area (Å²) >= 11 is 0. The molecule has 1 saturated carbocycles. The molecular formula is C9H10O5. The van der Waals surface area contributed by atoms with E-state index in [4.69, 9.17) is 10.2 Å². The SMILES string of the molecule is O=C(O)[C@@H]1[C@H](C(=O)O)[C@@H]2C=C[C@H]1C2O. The Labute approximate surface area is 79.7 Å². The fourth-order valence-electron chi connectivity index (χ4n) is 2.52. The van der Waals surface area contributed by atoms with Crippen molar-refractivity contribution in [1.29, 1.82) is 0 Å². The van der Waals surface area contributed by atoms with E-state index < -0.39 is 41.7 Å². The fraction of sp³-hybridized carbons (Fsp3) is 0.556. The first-order chi connectivity index (χ1) is 6.54. The van der Waals surface area contributed by atoms with Gasteiger partial charge in [-0.15, -0.1) is 0 Å². The largest absolute Gasteiger partial charge is 0.481 e. The molecule has 2 aliphatic carbocycles. The summed E-state index contributed by atoms with van der Waals surface area (Å²) in [5.41, 5.74) is 0. The van der Waals surface area contributed by atoms with E-state index in [1.807, 2.05) is 0 Å². The second-order valence-corrected chi connectivity index (χ2v) is 3.76. The van der Waals surface area contributed by atoms with Crippen molar-refractivity contribution in [3.05, 3.63) is 12.2 Å². The predicted octanol–water partition coefficient (Wildman–Crippen LogP) is -0.435. The normalized spacial score (nSPS) is 44.2. The van der Waals surface area contributed by atoms with Gasteiger partial charge in [0.05, 0.1) is 17.9 Å². The molecule has 0 radical (unpaired) electrons. The Morgan fingerprint density at radius 3 is 1.57 bits per heavy atom. The summed E-state index contributed by atoms with van der Waals surface area (Å²) in [6.45, 7) is 0. The zero-order chi connectivity index (χ0) is 10.5. The van der Waals surface area contributed by atoms with Crippen molar-refractivity contribution < 1.29 is 24.9 Å². The molecular weight excluding hydrogens is 188 g/mol. The molecule has 0 amide bonds. The lowest BCUT2D eigenvalue weighted by atomic mass is 9.83. The van der Waals surface area contributed by atoms with Crippen LogP contribution < -0.4 is 0 Å². The highest BCUT2D eigenvalue weighted by Crippen LogP contribution is 2.48. The van der Waals surface area contributed by atoms with E-state index in [1.54, 1.807) is 12.2 Å². The lowest BCUT2D eigenvalue weighted by Crippen LogP contribution is -2.32. The van der Waals surface area contributed by atoms with E-state index in [9.17, 15) is 14.7 Å². The smallest absolute Gasteiger partial charge is 0.308 e. The van der Waals surface area contributed by atoms with Crippen LogP contribution in [-0.4, -0.2) is 33.4 Å². The first kappa shape index (κ1) is 9.21. The second-order valence-electron chi connectivity index (χ2n) is 3.76. The summed E-state index contributed by atoms with van der Waals surface area (Å²) in [5.74, 6) is -5.35. The molecule has 0 aromatic heterocycles. The number of carboxylic acid groups (broad SMARTS) is 2. The Balaban J connectivity index is 2.36. The van der Waals surface area contributed by atoms with Crippen LogP contribution >= 0.6 is 0 Å². The molecule has 2 bridgehead atoms. The maximum absolute atomic E-state index is 10.8. The minimum Gasteiger partial charge on any atom is -0.481 e. The van der Waals surface area contributed by atoms with Gasteiger partial charge in [-0.3, -0.25) is 9.59 Å². The van der Waals surface area contributed by atoms with Gasteiger partial charge in [-0.1, -0.05) is 12.2 Å². The maximum Gasteiger partial charge on any atom is 0.308 e. The van der Waals surface area contributed by atoms with Crippen LogP contribution in [0.4, 0.5) is 0 Å². The average molecular weight is 198 g/mol. The summed E-state index contributed by atoms with van der Waals surface area (Å²) in [6.07, 6.45) is 2.36. The van der Waals surface area contributed by atoms with E-state index in [1.165, 1.54) is 0 Å². The Bertz CT molecular complexity index is 291. The van der Waals surface area contributed by atoms with Crippen molar-refractivity contribution in [1.82, 2.24) is 0 Å². The lowest BCUT2D eigenvalue weighted by Gasteiger charge is -2.19. The molecule has 1 fully saturated rings. The molecule has 0 aliphatic heterocycles. The molecule has 3 N–H and O–H groups in total. The fourth-order valence-corrected chi connectivity index (χ4v) is 2.52. The van der Waals surface area contributed by atoms with E-state index in [0.717, 1.165) is 0 Å². The molecule has 2 rings (SSSR count). The van der Waals surface area contributed by atoms with Crippen molar-refractivity contribution in [3.63, 3.8) is 0 Å². The van der Waals surface area contributed by atoms with Crippen molar-refractivity contribution in [2.75, 3.05) is 0 Å². The number of hydrogen-bond donors (Lipinski definition) is 3. The quantitative estimate of drug-likeness (QED) is 0.523. The van der Waals surface area contributed by atoms with Gasteiger partial charge in [0, 0.05) is 11.8 Å². The number of aliphatic carboxylic acids is 2. The molecule has 2 aliphatic rings. The highest BCUT2D eigenvalue weighted by atomic mass is 16.4. The Morgan fingerprint density at radius 1 is 0.929 bits per heavy atom. The van der Waals surface area contributed by atoms with E-state index in [-0.39, 0.29) is 0 Å². The van der Waals surface area contributed by atoms with Crippen molar-refractivity contribution in [2.24, 2.45) is 23.7 Å². The van der Waals surface area contributed by atoms with Crippen LogP contribution in [0.3, 0.4) is 0 Å². The molecule has 76 valence electrons. The number of hydrogen-bond acceptors (Lipinski definition) is 3. The van der Waals surface area contributed by atoms with Gasteiger partial charge in [0.1, 0.15) is 0 Å². The van der Waals surface area contributed by atoms with Gasteiger partial charge in [0.25, 0.3) is 0 Å². The Hall–Kier alpha value is -1.36. The van der Waals surface area contributed by atoms with E-state index >= 15 is 0 Å². The van der Waals surface area contributed by atoms with Gasteiger partial charge < -0.3 is 15.3 Å². The highest BCUT2D eigenvalue weighted by Gasteiger charge is 2.57. The lowest BCUT2D eigenvalue weighted by molar-refractivity contribution is -0.154. The van der Waals surface area contributed by atoms with Crippen molar-refractivity contribution in [3.8, 4) is 0 Å². The first-order valence-electron chi connectivity index (χ1n) is 4.36. The molecule has 5 atom stereocenters. The third kappa shape index (κ3) is 0.988. The van der Waals surface area contributed by atoms with Crippen LogP contribution in [0.5, 0.6) is 0 Å². The number of aliphatic hydroxyl groups is 1. The minimum atomic E-state index is -1.15. The van der Waals surface area contributed by atoms with Crippen LogP contribution in [0.1, 0.15) is 0 Å².